The Bertz CT molecular complexity index is 709. The highest BCUT2D eigenvalue weighted by molar-refractivity contribution is 5.95. The van der Waals surface area contributed by atoms with Gasteiger partial charge in [0.1, 0.15) is 5.82 Å². The molecule has 0 aliphatic heterocycles. The number of benzene rings is 1. The van der Waals surface area contributed by atoms with Gasteiger partial charge >= 0.3 is 5.97 Å². The monoisotopic (exact) mass is 313 g/mol. The lowest BCUT2D eigenvalue weighted by Crippen LogP contribution is -2.25. The van der Waals surface area contributed by atoms with Crippen LogP contribution in [0.5, 0.6) is 0 Å². The summed E-state index contributed by atoms with van der Waals surface area (Å²) in [5, 5.41) is 11.6. The first-order valence-corrected chi connectivity index (χ1v) is 7.35. The lowest BCUT2D eigenvalue weighted by Gasteiger charge is -2.09. The van der Waals surface area contributed by atoms with Gasteiger partial charge in [0.15, 0.2) is 0 Å². The van der Waals surface area contributed by atoms with Gasteiger partial charge in [-0.05, 0) is 38.0 Å². The molecule has 0 saturated heterocycles. The van der Waals surface area contributed by atoms with Crippen molar-refractivity contribution in [1.29, 1.82) is 0 Å². The maximum atomic E-state index is 12.3. The molecule has 0 bridgehead atoms. The Morgan fingerprint density at radius 2 is 1.78 bits per heavy atom. The van der Waals surface area contributed by atoms with Gasteiger partial charge in [-0.25, -0.2) is 9.97 Å². The number of carboxylic acid groups (broad SMARTS) is 1. The Kier molecular flexibility index (Phi) is 5.41. The molecule has 1 aromatic heterocycles. The number of aliphatic carboxylic acids is 1. The van der Waals surface area contributed by atoms with Crippen molar-refractivity contribution in [3.63, 3.8) is 0 Å². The van der Waals surface area contributed by atoms with E-state index in [-0.39, 0.29) is 18.9 Å². The molecule has 0 aliphatic carbocycles. The van der Waals surface area contributed by atoms with Crippen molar-refractivity contribution in [2.45, 2.75) is 33.2 Å². The molecule has 2 rings (SSSR count). The van der Waals surface area contributed by atoms with E-state index >= 15 is 0 Å². The molecule has 120 valence electrons. The first-order chi connectivity index (χ1) is 11.0. The Hall–Kier alpha value is -2.76. The van der Waals surface area contributed by atoms with E-state index < -0.39 is 5.97 Å². The van der Waals surface area contributed by atoms with Gasteiger partial charge < -0.3 is 10.4 Å². The highest BCUT2D eigenvalue weighted by Gasteiger charge is 2.12. The molecule has 0 spiro atoms. The van der Waals surface area contributed by atoms with Crippen LogP contribution < -0.4 is 5.32 Å². The summed E-state index contributed by atoms with van der Waals surface area (Å²) in [4.78, 5) is 31.6. The summed E-state index contributed by atoms with van der Waals surface area (Å²) >= 11 is 0. The maximum absolute atomic E-state index is 12.3. The molecule has 23 heavy (non-hydrogen) atoms. The number of carbonyl (C=O) groups excluding carboxylic acids is 1. The number of nitrogens with one attached hydrogen (secondary N) is 1. The van der Waals surface area contributed by atoms with E-state index in [1.54, 1.807) is 24.3 Å². The van der Waals surface area contributed by atoms with Crippen LogP contribution in [0.15, 0.2) is 30.3 Å². The second kappa shape index (κ2) is 7.49. The molecule has 0 saturated carbocycles. The minimum atomic E-state index is -0.885. The molecule has 6 heteroatoms. The van der Waals surface area contributed by atoms with Crippen LogP contribution >= 0.6 is 0 Å². The van der Waals surface area contributed by atoms with Crippen LogP contribution in [0.25, 0.3) is 0 Å². The molecule has 0 aliphatic rings. The van der Waals surface area contributed by atoms with E-state index in [4.69, 9.17) is 5.11 Å². The molecule has 1 heterocycles. The normalized spacial score (nSPS) is 10.3. The zero-order chi connectivity index (χ0) is 16.8. The second-order valence-electron chi connectivity index (χ2n) is 5.30. The van der Waals surface area contributed by atoms with E-state index in [1.807, 2.05) is 19.9 Å². The van der Waals surface area contributed by atoms with Crippen molar-refractivity contribution in [1.82, 2.24) is 15.3 Å². The third-order valence-electron chi connectivity index (χ3n) is 3.31. The van der Waals surface area contributed by atoms with Gasteiger partial charge in [-0.3, -0.25) is 9.59 Å². The minimum absolute atomic E-state index is 0.00945. The van der Waals surface area contributed by atoms with Crippen molar-refractivity contribution in [2.24, 2.45) is 0 Å². The molecule has 0 atom stereocenters. The van der Waals surface area contributed by atoms with Crippen LogP contribution in [0, 0.1) is 13.8 Å². The average molecular weight is 313 g/mol. The van der Waals surface area contributed by atoms with Crippen LogP contribution in [0.2, 0.25) is 0 Å². The predicted octanol–water partition coefficient (Wildman–Crippen LogP) is 2.04. The van der Waals surface area contributed by atoms with Crippen molar-refractivity contribution in [3.8, 4) is 0 Å². The molecule has 2 aromatic rings. The number of hydrogen-bond acceptors (Lipinski definition) is 4. The molecular weight excluding hydrogens is 294 g/mol. The molecule has 1 amide bonds. The van der Waals surface area contributed by atoms with Crippen LogP contribution in [-0.2, 0) is 17.8 Å². The first-order valence-electron chi connectivity index (χ1n) is 7.35. The van der Waals surface area contributed by atoms with Gasteiger partial charge in [0.05, 0.1) is 6.54 Å². The molecule has 2 N–H and O–H groups in total. The van der Waals surface area contributed by atoms with E-state index in [9.17, 15) is 9.59 Å². The number of amides is 1. The van der Waals surface area contributed by atoms with Crippen molar-refractivity contribution >= 4 is 11.9 Å². The number of hydrogen-bond donors (Lipinski definition) is 2. The van der Waals surface area contributed by atoms with E-state index in [2.05, 4.69) is 15.3 Å². The number of nitrogens with zero attached hydrogens (tertiary/aromatic N) is 2. The number of aromatic nitrogens is 2. The molecule has 0 fully saturated rings. The van der Waals surface area contributed by atoms with Crippen LogP contribution in [-0.4, -0.2) is 27.0 Å². The topological polar surface area (TPSA) is 92.2 Å². The maximum Gasteiger partial charge on any atom is 0.303 e. The van der Waals surface area contributed by atoms with E-state index in [0.29, 0.717) is 23.4 Å². The number of aryl methyl sites for hydroxylation is 3. The zero-order valence-electron chi connectivity index (χ0n) is 13.2. The van der Waals surface area contributed by atoms with E-state index in [1.165, 1.54) is 0 Å². The van der Waals surface area contributed by atoms with Crippen molar-refractivity contribution in [2.75, 3.05) is 0 Å². The van der Waals surface area contributed by atoms with Gasteiger partial charge in [0.25, 0.3) is 5.91 Å². The number of carboxylic acids is 1. The predicted molar refractivity (Wildman–Crippen MR) is 85.1 cm³/mol. The van der Waals surface area contributed by atoms with Crippen LogP contribution in [0.4, 0.5) is 0 Å². The first kappa shape index (κ1) is 16.6. The molecule has 6 nitrogen and oxygen atoms in total. The molecular formula is C17H19N3O3. The number of carbonyl (C=O) groups is 2. The van der Waals surface area contributed by atoms with E-state index in [0.717, 1.165) is 11.4 Å². The largest absolute Gasteiger partial charge is 0.481 e. The third kappa shape index (κ3) is 4.88. The standard InChI is InChI=1S/C17H19N3O3/c1-11-9-12(2)20-15(19-11)10-18-17(23)14-6-4-3-5-13(14)7-8-16(21)22/h3-6,9H,7-8,10H2,1-2H3,(H,18,23)(H,21,22). The third-order valence-corrected chi connectivity index (χ3v) is 3.31. The zero-order valence-corrected chi connectivity index (χ0v) is 13.2. The minimum Gasteiger partial charge on any atom is -0.481 e. The summed E-state index contributed by atoms with van der Waals surface area (Å²) in [7, 11) is 0. The molecule has 0 unspecified atom stereocenters. The Balaban J connectivity index is 2.07. The highest BCUT2D eigenvalue weighted by atomic mass is 16.4. The Morgan fingerprint density at radius 3 is 2.43 bits per heavy atom. The smallest absolute Gasteiger partial charge is 0.303 e. The van der Waals surface area contributed by atoms with Gasteiger partial charge in [0, 0.05) is 23.4 Å². The van der Waals surface area contributed by atoms with Gasteiger partial charge in [-0.1, -0.05) is 18.2 Å². The fourth-order valence-electron chi connectivity index (χ4n) is 2.33. The van der Waals surface area contributed by atoms with Gasteiger partial charge in [0.2, 0.25) is 0 Å². The fraction of sp³-hybridized carbons (Fsp3) is 0.294. The summed E-state index contributed by atoms with van der Waals surface area (Å²) in [6, 6.07) is 8.88. The highest BCUT2D eigenvalue weighted by Crippen LogP contribution is 2.11. The van der Waals surface area contributed by atoms with Crippen LogP contribution in [0.3, 0.4) is 0 Å². The summed E-state index contributed by atoms with van der Waals surface area (Å²) in [5.41, 5.74) is 2.90. The molecule has 0 radical (unpaired) electrons. The second-order valence-corrected chi connectivity index (χ2v) is 5.30. The van der Waals surface area contributed by atoms with Crippen molar-refractivity contribution < 1.29 is 14.7 Å². The summed E-state index contributed by atoms with van der Waals surface area (Å²) in [6.07, 6.45) is 0.309. The lowest BCUT2D eigenvalue weighted by molar-refractivity contribution is -0.136. The van der Waals surface area contributed by atoms with Crippen LogP contribution in [0.1, 0.15) is 39.6 Å². The average Bonchev–Trinajstić information content (AvgIpc) is 2.50. The van der Waals surface area contributed by atoms with Gasteiger partial charge in [-0.15, -0.1) is 0 Å². The molecule has 1 aromatic carbocycles. The summed E-state index contributed by atoms with van der Waals surface area (Å²) in [5.74, 6) is -0.587. The van der Waals surface area contributed by atoms with Gasteiger partial charge in [-0.2, -0.15) is 0 Å². The number of rotatable bonds is 6. The lowest BCUT2D eigenvalue weighted by atomic mass is 10.0. The Labute approximate surface area is 134 Å². The summed E-state index contributed by atoms with van der Waals surface area (Å²) in [6.45, 7) is 3.98. The quantitative estimate of drug-likeness (QED) is 0.851. The fourth-order valence-corrected chi connectivity index (χ4v) is 2.33. The SMILES string of the molecule is Cc1cc(C)nc(CNC(=O)c2ccccc2CCC(=O)O)n1. The van der Waals surface area contributed by atoms with Crippen molar-refractivity contribution in [3.05, 3.63) is 58.7 Å². The Morgan fingerprint density at radius 1 is 1.13 bits per heavy atom. The summed E-state index contributed by atoms with van der Waals surface area (Å²) < 4.78 is 0.